The summed E-state index contributed by atoms with van der Waals surface area (Å²) >= 11 is 6.01. The summed E-state index contributed by atoms with van der Waals surface area (Å²) in [6.07, 6.45) is 1.70. The van der Waals surface area contributed by atoms with Crippen LogP contribution in [0, 0.1) is 0 Å². The summed E-state index contributed by atoms with van der Waals surface area (Å²) in [6, 6.07) is 13.3. The normalized spacial score (nSPS) is 10.7. The van der Waals surface area contributed by atoms with E-state index in [1.807, 2.05) is 43.3 Å². The number of hydrazone groups is 1. The van der Waals surface area contributed by atoms with Crippen molar-refractivity contribution in [1.29, 1.82) is 0 Å². The molecule has 0 amide bonds. The van der Waals surface area contributed by atoms with Gasteiger partial charge in [-0.3, -0.25) is 0 Å². The molecule has 0 aliphatic heterocycles. The van der Waals surface area contributed by atoms with Crippen molar-refractivity contribution in [3.8, 4) is 11.5 Å². The van der Waals surface area contributed by atoms with Gasteiger partial charge in [0.15, 0.2) is 0 Å². The van der Waals surface area contributed by atoms with Crippen LogP contribution in [0.3, 0.4) is 0 Å². The van der Waals surface area contributed by atoms with Crippen LogP contribution in [0.25, 0.3) is 0 Å². The Bertz CT molecular complexity index is 644. The number of hydrogen-bond acceptors (Lipinski definition) is 4. The van der Waals surface area contributed by atoms with E-state index in [4.69, 9.17) is 21.1 Å². The number of hydrogen-bond donors (Lipinski definition) is 1. The van der Waals surface area contributed by atoms with Gasteiger partial charge < -0.3 is 14.9 Å². The van der Waals surface area contributed by atoms with E-state index in [2.05, 4.69) is 10.5 Å². The number of ether oxygens (including phenoxy) is 2. The zero-order valence-electron chi connectivity index (χ0n) is 12.7. The Morgan fingerprint density at radius 1 is 1.18 bits per heavy atom. The van der Waals surface area contributed by atoms with Gasteiger partial charge in [0.1, 0.15) is 11.5 Å². The minimum atomic E-state index is 0.574. The van der Waals surface area contributed by atoms with Gasteiger partial charge >= 0.3 is 0 Å². The summed E-state index contributed by atoms with van der Waals surface area (Å²) in [7, 11) is 1.66. The van der Waals surface area contributed by atoms with Gasteiger partial charge in [-0.15, -0.1) is 0 Å². The first-order chi connectivity index (χ1) is 10.7. The van der Waals surface area contributed by atoms with Crippen molar-refractivity contribution in [2.75, 3.05) is 13.7 Å². The lowest BCUT2D eigenvalue weighted by Crippen LogP contribution is -2.07. The van der Waals surface area contributed by atoms with Crippen molar-refractivity contribution in [2.24, 2.45) is 5.10 Å². The lowest BCUT2D eigenvalue weighted by molar-refractivity contribution is 0.340. The summed E-state index contributed by atoms with van der Waals surface area (Å²) < 4.78 is 10.8. The largest absolute Gasteiger partial charge is 0.496 e. The quantitative estimate of drug-likeness (QED) is 0.622. The first kappa shape index (κ1) is 16.2. The van der Waals surface area contributed by atoms with Crippen molar-refractivity contribution < 1.29 is 9.47 Å². The molecule has 0 saturated carbocycles. The van der Waals surface area contributed by atoms with Gasteiger partial charge in [-0.2, -0.15) is 5.10 Å². The SMILES string of the molecule is CCOc1ccc(Cl)cc1/C=N/NCc1ccccc1OC. The number of halogens is 1. The molecule has 0 spiro atoms. The van der Waals surface area contributed by atoms with E-state index in [0.29, 0.717) is 18.2 Å². The summed E-state index contributed by atoms with van der Waals surface area (Å²) in [5.74, 6) is 1.60. The highest BCUT2D eigenvalue weighted by molar-refractivity contribution is 6.30. The van der Waals surface area contributed by atoms with Crippen LogP contribution in [0.5, 0.6) is 11.5 Å². The average Bonchev–Trinajstić information content (AvgIpc) is 2.54. The van der Waals surface area contributed by atoms with Crippen LogP contribution in [0.15, 0.2) is 47.6 Å². The maximum absolute atomic E-state index is 6.01. The highest BCUT2D eigenvalue weighted by atomic mass is 35.5. The summed E-state index contributed by atoms with van der Waals surface area (Å²) in [6.45, 7) is 3.11. The molecule has 0 bridgehead atoms. The predicted octanol–water partition coefficient (Wildman–Crippen LogP) is 3.87. The van der Waals surface area contributed by atoms with Gasteiger partial charge in [0, 0.05) is 16.1 Å². The number of para-hydroxylation sites is 1. The fourth-order valence-electron chi connectivity index (χ4n) is 2.00. The third-order valence-corrected chi connectivity index (χ3v) is 3.26. The Kier molecular flexibility index (Phi) is 6.10. The molecular formula is C17H19ClN2O2. The second-order valence-electron chi connectivity index (χ2n) is 4.52. The molecule has 0 atom stereocenters. The first-order valence-corrected chi connectivity index (χ1v) is 7.42. The van der Waals surface area contributed by atoms with Gasteiger partial charge in [0.25, 0.3) is 0 Å². The van der Waals surface area contributed by atoms with Crippen molar-refractivity contribution >= 4 is 17.8 Å². The minimum Gasteiger partial charge on any atom is -0.496 e. The Hall–Kier alpha value is -2.20. The van der Waals surface area contributed by atoms with Crippen LogP contribution in [-0.4, -0.2) is 19.9 Å². The molecule has 2 aromatic carbocycles. The molecule has 0 fully saturated rings. The molecule has 22 heavy (non-hydrogen) atoms. The monoisotopic (exact) mass is 318 g/mol. The predicted molar refractivity (Wildman–Crippen MR) is 90.0 cm³/mol. The fourth-order valence-corrected chi connectivity index (χ4v) is 2.18. The second-order valence-corrected chi connectivity index (χ2v) is 4.96. The van der Waals surface area contributed by atoms with Gasteiger partial charge in [-0.1, -0.05) is 29.8 Å². The number of benzene rings is 2. The smallest absolute Gasteiger partial charge is 0.128 e. The lowest BCUT2D eigenvalue weighted by atomic mass is 10.2. The molecule has 0 aliphatic carbocycles. The van der Waals surface area contributed by atoms with Gasteiger partial charge in [0.2, 0.25) is 0 Å². The van der Waals surface area contributed by atoms with Crippen LogP contribution in [0.2, 0.25) is 5.02 Å². The third kappa shape index (κ3) is 4.40. The van der Waals surface area contributed by atoms with Gasteiger partial charge in [-0.05, 0) is 31.2 Å². The van der Waals surface area contributed by atoms with E-state index in [-0.39, 0.29) is 0 Å². The molecule has 2 rings (SSSR count). The second kappa shape index (κ2) is 8.29. The maximum atomic E-state index is 6.01. The van der Waals surface area contributed by atoms with Gasteiger partial charge in [-0.25, -0.2) is 0 Å². The van der Waals surface area contributed by atoms with E-state index in [1.165, 1.54) is 0 Å². The number of rotatable bonds is 7. The van der Waals surface area contributed by atoms with E-state index in [1.54, 1.807) is 19.4 Å². The molecular weight excluding hydrogens is 300 g/mol. The third-order valence-electron chi connectivity index (χ3n) is 3.03. The molecule has 2 aromatic rings. The van der Waals surface area contributed by atoms with E-state index in [0.717, 1.165) is 22.6 Å². The zero-order valence-corrected chi connectivity index (χ0v) is 13.4. The molecule has 0 heterocycles. The zero-order chi connectivity index (χ0) is 15.8. The molecule has 4 nitrogen and oxygen atoms in total. The molecule has 5 heteroatoms. The average molecular weight is 319 g/mol. The number of methoxy groups -OCH3 is 1. The molecule has 116 valence electrons. The first-order valence-electron chi connectivity index (χ1n) is 7.04. The van der Waals surface area contributed by atoms with Crippen LogP contribution < -0.4 is 14.9 Å². The molecule has 0 saturated heterocycles. The Labute approximate surface area is 135 Å². The molecule has 0 radical (unpaired) electrons. The Morgan fingerprint density at radius 3 is 2.77 bits per heavy atom. The maximum Gasteiger partial charge on any atom is 0.128 e. The van der Waals surface area contributed by atoms with Crippen molar-refractivity contribution in [1.82, 2.24) is 5.43 Å². The van der Waals surface area contributed by atoms with Crippen molar-refractivity contribution in [2.45, 2.75) is 13.5 Å². The fraction of sp³-hybridized carbons (Fsp3) is 0.235. The minimum absolute atomic E-state index is 0.574. The van der Waals surface area contributed by atoms with E-state index < -0.39 is 0 Å². The molecule has 0 aromatic heterocycles. The van der Waals surface area contributed by atoms with Crippen LogP contribution >= 0.6 is 11.6 Å². The highest BCUT2D eigenvalue weighted by Gasteiger charge is 2.02. The molecule has 1 N–H and O–H groups in total. The number of nitrogens with zero attached hydrogens (tertiary/aromatic N) is 1. The van der Waals surface area contributed by atoms with Crippen molar-refractivity contribution in [3.63, 3.8) is 0 Å². The highest BCUT2D eigenvalue weighted by Crippen LogP contribution is 2.21. The Morgan fingerprint density at radius 2 is 2.00 bits per heavy atom. The topological polar surface area (TPSA) is 42.8 Å². The molecule has 0 unspecified atom stereocenters. The lowest BCUT2D eigenvalue weighted by Gasteiger charge is -2.08. The summed E-state index contributed by atoms with van der Waals surface area (Å²) in [5.41, 5.74) is 4.88. The number of nitrogens with one attached hydrogen (secondary N) is 1. The van der Waals surface area contributed by atoms with Crippen molar-refractivity contribution in [3.05, 3.63) is 58.6 Å². The molecule has 0 aliphatic rings. The van der Waals surface area contributed by atoms with Gasteiger partial charge in [0.05, 0.1) is 26.5 Å². The summed E-state index contributed by atoms with van der Waals surface area (Å²) in [4.78, 5) is 0. The summed E-state index contributed by atoms with van der Waals surface area (Å²) in [5, 5.41) is 4.87. The van der Waals surface area contributed by atoms with E-state index in [9.17, 15) is 0 Å². The Balaban J connectivity index is 2.02. The van der Waals surface area contributed by atoms with Crippen LogP contribution in [-0.2, 0) is 6.54 Å². The van der Waals surface area contributed by atoms with Crippen LogP contribution in [0.4, 0.5) is 0 Å². The standard InChI is InChI=1S/C17H19ClN2O2/c1-3-22-17-9-8-15(18)10-14(17)12-20-19-11-13-6-4-5-7-16(13)21-2/h4-10,12,19H,3,11H2,1-2H3/b20-12+. The van der Waals surface area contributed by atoms with Crippen LogP contribution in [0.1, 0.15) is 18.1 Å². The van der Waals surface area contributed by atoms with E-state index >= 15 is 0 Å².